The summed E-state index contributed by atoms with van der Waals surface area (Å²) in [5, 5.41) is 0. The highest BCUT2D eigenvalue weighted by molar-refractivity contribution is 5.94. The van der Waals surface area contributed by atoms with Gasteiger partial charge in [-0.2, -0.15) is 0 Å². The summed E-state index contributed by atoms with van der Waals surface area (Å²) < 4.78 is 15.8. The molecule has 0 saturated heterocycles. The van der Waals surface area contributed by atoms with E-state index in [-0.39, 0.29) is 11.2 Å². The molecule has 1 aromatic rings. The second kappa shape index (κ2) is 3.66. The highest BCUT2D eigenvalue weighted by atomic mass is 19.1. The zero-order valence-corrected chi connectivity index (χ0v) is 10.6. The smallest absolute Gasteiger partial charge is 0.207 e. The molecule has 1 aromatic carbocycles. The fourth-order valence-corrected chi connectivity index (χ4v) is 3.67. The van der Waals surface area contributed by atoms with Crippen molar-refractivity contribution in [1.29, 1.82) is 0 Å². The van der Waals surface area contributed by atoms with Gasteiger partial charge < -0.3 is 0 Å². The molecule has 3 rings (SSSR count). The van der Waals surface area contributed by atoms with Crippen LogP contribution in [0.25, 0.3) is 0 Å². The van der Waals surface area contributed by atoms with E-state index in [4.69, 9.17) is 0 Å². The van der Waals surface area contributed by atoms with Crippen LogP contribution in [0.3, 0.4) is 0 Å². The Kier molecular flexibility index (Phi) is 2.35. The standard InChI is InChI=1S/C15H19FN/c1-11-15(8-4-3-5-9-15)13-10-12(16)6-7-14(13)17(11)2/h6-7,10H,3-5,8-9H2,1-2H3/q+1. The summed E-state index contributed by atoms with van der Waals surface area (Å²) in [6.07, 6.45) is 6.21. The number of rotatable bonds is 0. The van der Waals surface area contributed by atoms with Crippen molar-refractivity contribution in [3.05, 3.63) is 29.6 Å². The van der Waals surface area contributed by atoms with Gasteiger partial charge in [0.2, 0.25) is 5.69 Å². The average Bonchev–Trinajstić information content (AvgIpc) is 2.54. The SMILES string of the molecule is CC1=[N+](C)c2ccc(F)cc2C12CCCCC2. The Morgan fingerprint density at radius 3 is 2.59 bits per heavy atom. The Hall–Kier alpha value is -1.18. The van der Waals surface area contributed by atoms with E-state index < -0.39 is 0 Å². The van der Waals surface area contributed by atoms with Gasteiger partial charge in [0.25, 0.3) is 0 Å². The number of halogens is 1. The molecule has 2 aliphatic rings. The van der Waals surface area contributed by atoms with Crippen LogP contribution in [0.4, 0.5) is 10.1 Å². The quantitative estimate of drug-likeness (QED) is 0.599. The highest BCUT2D eigenvalue weighted by Crippen LogP contribution is 2.48. The van der Waals surface area contributed by atoms with Gasteiger partial charge in [0, 0.05) is 18.6 Å². The third-order valence-corrected chi connectivity index (χ3v) is 4.74. The Balaban J connectivity index is 2.21. The van der Waals surface area contributed by atoms with Crippen molar-refractivity contribution in [3.63, 3.8) is 0 Å². The van der Waals surface area contributed by atoms with Crippen molar-refractivity contribution < 1.29 is 8.97 Å². The van der Waals surface area contributed by atoms with Crippen LogP contribution in [0.2, 0.25) is 0 Å². The van der Waals surface area contributed by atoms with Gasteiger partial charge in [-0.3, -0.25) is 0 Å². The topological polar surface area (TPSA) is 3.01 Å². The van der Waals surface area contributed by atoms with Crippen LogP contribution < -0.4 is 0 Å². The molecular formula is C15H19FN+. The van der Waals surface area contributed by atoms with E-state index in [1.807, 2.05) is 6.07 Å². The summed E-state index contributed by atoms with van der Waals surface area (Å²) in [6.45, 7) is 2.21. The maximum Gasteiger partial charge on any atom is 0.209 e. The number of hydrogen-bond donors (Lipinski definition) is 0. The zero-order valence-electron chi connectivity index (χ0n) is 10.6. The molecule has 0 radical (unpaired) electrons. The normalized spacial score (nSPS) is 22.1. The van der Waals surface area contributed by atoms with Gasteiger partial charge in [-0.1, -0.05) is 19.3 Å². The van der Waals surface area contributed by atoms with E-state index in [1.54, 1.807) is 12.1 Å². The summed E-state index contributed by atoms with van der Waals surface area (Å²) >= 11 is 0. The lowest BCUT2D eigenvalue weighted by atomic mass is 9.68. The molecule has 0 amide bonds. The van der Waals surface area contributed by atoms with Crippen LogP contribution in [-0.4, -0.2) is 17.3 Å². The minimum absolute atomic E-state index is 0.100. The Morgan fingerprint density at radius 2 is 1.88 bits per heavy atom. The second-order valence-electron chi connectivity index (χ2n) is 5.45. The molecule has 90 valence electrons. The molecule has 1 saturated carbocycles. The molecule has 1 spiro atoms. The number of nitrogens with zero attached hydrogens (tertiary/aromatic N) is 1. The molecule has 1 fully saturated rings. The fraction of sp³-hybridized carbons (Fsp3) is 0.533. The van der Waals surface area contributed by atoms with Crippen molar-refractivity contribution in [2.45, 2.75) is 44.4 Å². The van der Waals surface area contributed by atoms with Gasteiger partial charge in [0.15, 0.2) is 5.71 Å². The highest BCUT2D eigenvalue weighted by Gasteiger charge is 2.49. The minimum Gasteiger partial charge on any atom is -0.207 e. The Labute approximate surface area is 102 Å². The summed E-state index contributed by atoms with van der Waals surface area (Å²) in [5.74, 6) is -0.100. The molecule has 2 heteroatoms. The summed E-state index contributed by atoms with van der Waals surface area (Å²) in [6, 6.07) is 5.26. The first-order valence-corrected chi connectivity index (χ1v) is 6.53. The fourth-order valence-electron chi connectivity index (χ4n) is 3.67. The van der Waals surface area contributed by atoms with Crippen LogP contribution in [0.5, 0.6) is 0 Å². The molecule has 0 bridgehead atoms. The van der Waals surface area contributed by atoms with E-state index in [9.17, 15) is 4.39 Å². The predicted octanol–water partition coefficient (Wildman–Crippen LogP) is 3.78. The van der Waals surface area contributed by atoms with E-state index in [0.717, 1.165) is 0 Å². The molecule has 17 heavy (non-hydrogen) atoms. The van der Waals surface area contributed by atoms with Crippen LogP contribution in [0.1, 0.15) is 44.6 Å². The monoisotopic (exact) mass is 232 g/mol. The largest absolute Gasteiger partial charge is 0.209 e. The van der Waals surface area contributed by atoms with Crippen LogP contribution in [-0.2, 0) is 5.41 Å². The van der Waals surface area contributed by atoms with Gasteiger partial charge in [0.1, 0.15) is 12.9 Å². The van der Waals surface area contributed by atoms with E-state index in [0.29, 0.717) is 0 Å². The van der Waals surface area contributed by atoms with E-state index in [2.05, 4.69) is 18.5 Å². The molecular weight excluding hydrogens is 213 g/mol. The Bertz CT molecular complexity index is 496. The van der Waals surface area contributed by atoms with Crippen LogP contribution >= 0.6 is 0 Å². The maximum atomic E-state index is 13.5. The average molecular weight is 232 g/mol. The van der Waals surface area contributed by atoms with Crippen molar-refractivity contribution in [2.75, 3.05) is 7.05 Å². The zero-order chi connectivity index (χ0) is 12.0. The lowest BCUT2D eigenvalue weighted by Crippen LogP contribution is -2.35. The first-order valence-electron chi connectivity index (χ1n) is 6.53. The van der Waals surface area contributed by atoms with Crippen molar-refractivity contribution >= 4 is 11.4 Å². The third kappa shape index (κ3) is 1.39. The number of fused-ring (bicyclic) bond motifs is 2. The molecule has 1 aliphatic heterocycles. The van der Waals surface area contributed by atoms with Crippen molar-refractivity contribution in [2.24, 2.45) is 0 Å². The minimum atomic E-state index is -0.100. The first kappa shape index (κ1) is 10.9. The molecule has 0 aromatic heterocycles. The Morgan fingerprint density at radius 1 is 1.18 bits per heavy atom. The summed E-state index contributed by atoms with van der Waals surface area (Å²) in [5.41, 5.74) is 3.95. The number of benzene rings is 1. The lowest BCUT2D eigenvalue weighted by molar-refractivity contribution is -0.403. The van der Waals surface area contributed by atoms with Gasteiger partial charge in [-0.15, -0.1) is 0 Å². The van der Waals surface area contributed by atoms with Crippen LogP contribution in [0.15, 0.2) is 18.2 Å². The van der Waals surface area contributed by atoms with Crippen molar-refractivity contribution in [3.8, 4) is 0 Å². The molecule has 0 atom stereocenters. The van der Waals surface area contributed by atoms with Gasteiger partial charge in [0.05, 0.1) is 5.41 Å². The first-order chi connectivity index (χ1) is 8.15. The second-order valence-corrected chi connectivity index (χ2v) is 5.45. The molecule has 0 unspecified atom stereocenters. The molecule has 1 heterocycles. The molecule has 0 N–H and O–H groups in total. The van der Waals surface area contributed by atoms with Gasteiger partial charge in [-0.25, -0.2) is 8.97 Å². The van der Waals surface area contributed by atoms with Gasteiger partial charge >= 0.3 is 0 Å². The van der Waals surface area contributed by atoms with Crippen LogP contribution in [0, 0.1) is 5.82 Å². The summed E-state index contributed by atoms with van der Waals surface area (Å²) in [7, 11) is 2.11. The molecule has 1 aliphatic carbocycles. The van der Waals surface area contributed by atoms with E-state index in [1.165, 1.54) is 49.1 Å². The lowest BCUT2D eigenvalue weighted by Gasteiger charge is -2.31. The van der Waals surface area contributed by atoms with Crippen molar-refractivity contribution in [1.82, 2.24) is 0 Å². The maximum absolute atomic E-state index is 13.5. The predicted molar refractivity (Wildman–Crippen MR) is 67.7 cm³/mol. The third-order valence-electron chi connectivity index (χ3n) is 4.74. The number of hydrogen-bond acceptors (Lipinski definition) is 0. The van der Waals surface area contributed by atoms with E-state index >= 15 is 0 Å². The summed E-state index contributed by atoms with van der Waals surface area (Å²) in [4.78, 5) is 0. The molecule has 1 nitrogen and oxygen atoms in total. The van der Waals surface area contributed by atoms with Gasteiger partial charge in [-0.05, 0) is 25.0 Å².